The van der Waals surface area contributed by atoms with Gasteiger partial charge in [-0.3, -0.25) is 25.5 Å². The van der Waals surface area contributed by atoms with Crippen molar-refractivity contribution >= 4 is 17.4 Å². The van der Waals surface area contributed by atoms with Crippen molar-refractivity contribution in [2.45, 2.75) is 13.0 Å². The minimum Gasteiger partial charge on any atom is -0.369 e. The molecule has 0 saturated carbocycles. The van der Waals surface area contributed by atoms with Gasteiger partial charge in [-0.2, -0.15) is 0 Å². The maximum atomic E-state index is 12.3. The van der Waals surface area contributed by atoms with Crippen molar-refractivity contribution < 1.29 is 4.79 Å². The average molecular weight is 363 g/mol. The Labute approximate surface area is 159 Å². The molecule has 2 aliphatic rings. The number of amidine groups is 1. The Bertz CT molecular complexity index is 814. The number of rotatable bonds is 5. The lowest BCUT2D eigenvalue weighted by atomic mass is 10.1. The Morgan fingerprint density at radius 3 is 2.41 bits per heavy atom. The molecule has 2 aliphatic heterocycles. The molecule has 2 aromatic carbocycles. The van der Waals surface area contributed by atoms with E-state index in [9.17, 15) is 4.79 Å². The third-order valence-corrected chi connectivity index (χ3v) is 5.28. The summed E-state index contributed by atoms with van der Waals surface area (Å²) in [7, 11) is 0. The number of benzene rings is 2. The van der Waals surface area contributed by atoms with Gasteiger partial charge in [0.2, 0.25) is 5.91 Å². The van der Waals surface area contributed by atoms with Crippen LogP contribution in [0.25, 0.3) is 0 Å². The smallest absolute Gasteiger partial charge is 0.239 e. The lowest BCUT2D eigenvalue weighted by molar-refractivity contribution is -0.124. The number of hydrogen-bond donors (Lipinski definition) is 2. The maximum absolute atomic E-state index is 12.3. The summed E-state index contributed by atoms with van der Waals surface area (Å²) < 4.78 is 0. The first-order valence-corrected chi connectivity index (χ1v) is 9.47. The van der Waals surface area contributed by atoms with E-state index in [0.717, 1.165) is 43.9 Å². The number of nitrogens with one attached hydrogen (secondary N) is 2. The van der Waals surface area contributed by atoms with Crippen molar-refractivity contribution in [3.8, 4) is 0 Å². The van der Waals surface area contributed by atoms with Gasteiger partial charge in [0.25, 0.3) is 0 Å². The van der Waals surface area contributed by atoms with Gasteiger partial charge in [-0.1, -0.05) is 42.5 Å². The molecule has 0 bridgehead atoms. The largest absolute Gasteiger partial charge is 0.369 e. The normalized spacial score (nSPS) is 17.1. The SMILES string of the molecule is N=C1c2ccccc2CN1NC(=O)CCN1CCN(c2ccccc2)CC1. The Kier molecular flexibility index (Phi) is 5.07. The number of carbonyl (C=O) groups excluding carboxylic acids is 1. The van der Waals surface area contributed by atoms with Crippen LogP contribution in [0.15, 0.2) is 54.6 Å². The summed E-state index contributed by atoms with van der Waals surface area (Å²) in [5, 5.41) is 9.85. The second-order valence-electron chi connectivity index (χ2n) is 7.04. The second kappa shape index (κ2) is 7.80. The predicted molar refractivity (Wildman–Crippen MR) is 107 cm³/mol. The molecule has 2 aromatic rings. The Morgan fingerprint density at radius 2 is 1.67 bits per heavy atom. The Morgan fingerprint density at radius 1 is 0.963 bits per heavy atom. The van der Waals surface area contributed by atoms with Crippen LogP contribution in [0, 0.1) is 5.41 Å². The van der Waals surface area contributed by atoms with Gasteiger partial charge < -0.3 is 4.90 Å². The van der Waals surface area contributed by atoms with E-state index in [2.05, 4.69) is 39.5 Å². The van der Waals surface area contributed by atoms with E-state index in [1.165, 1.54) is 5.69 Å². The van der Waals surface area contributed by atoms with Crippen molar-refractivity contribution in [1.29, 1.82) is 5.41 Å². The fourth-order valence-corrected chi connectivity index (χ4v) is 3.71. The van der Waals surface area contributed by atoms with Crippen LogP contribution in [-0.2, 0) is 11.3 Å². The highest BCUT2D eigenvalue weighted by Gasteiger charge is 2.25. The summed E-state index contributed by atoms with van der Waals surface area (Å²) in [6, 6.07) is 18.3. The van der Waals surface area contributed by atoms with Crippen LogP contribution in [-0.4, -0.2) is 54.4 Å². The standard InChI is InChI=1S/C21H25N5O/c22-21-19-9-5-4-6-17(19)16-26(21)23-20(27)10-11-24-12-14-25(15-13-24)18-7-2-1-3-8-18/h1-9,22H,10-16H2,(H,23,27). The fraction of sp³-hybridized carbons (Fsp3) is 0.333. The van der Waals surface area contributed by atoms with Gasteiger partial charge in [-0.25, -0.2) is 0 Å². The van der Waals surface area contributed by atoms with Gasteiger partial charge in [-0.05, 0) is 17.7 Å². The molecule has 1 fully saturated rings. The molecule has 1 saturated heterocycles. The topological polar surface area (TPSA) is 62.7 Å². The molecule has 6 nitrogen and oxygen atoms in total. The van der Waals surface area contributed by atoms with Gasteiger partial charge in [0, 0.05) is 50.4 Å². The number of para-hydroxylation sites is 1. The zero-order valence-electron chi connectivity index (χ0n) is 15.4. The molecule has 0 aliphatic carbocycles. The van der Waals surface area contributed by atoms with Gasteiger partial charge in [-0.15, -0.1) is 0 Å². The van der Waals surface area contributed by atoms with Crippen molar-refractivity contribution in [3.05, 3.63) is 65.7 Å². The number of hydrazine groups is 1. The van der Waals surface area contributed by atoms with E-state index >= 15 is 0 Å². The predicted octanol–water partition coefficient (Wildman–Crippen LogP) is 2.07. The lowest BCUT2D eigenvalue weighted by Crippen LogP contribution is -2.48. The minimum atomic E-state index is -0.0296. The Balaban J connectivity index is 1.21. The first-order chi connectivity index (χ1) is 13.2. The maximum Gasteiger partial charge on any atom is 0.239 e. The molecule has 0 radical (unpaired) electrons. The fourth-order valence-electron chi connectivity index (χ4n) is 3.71. The summed E-state index contributed by atoms with van der Waals surface area (Å²) >= 11 is 0. The van der Waals surface area contributed by atoms with Crippen molar-refractivity contribution in [3.63, 3.8) is 0 Å². The molecular weight excluding hydrogens is 338 g/mol. The minimum absolute atomic E-state index is 0.0296. The highest BCUT2D eigenvalue weighted by molar-refractivity contribution is 6.01. The number of anilines is 1. The highest BCUT2D eigenvalue weighted by Crippen LogP contribution is 2.20. The zero-order valence-corrected chi connectivity index (χ0v) is 15.4. The van der Waals surface area contributed by atoms with E-state index < -0.39 is 0 Å². The third-order valence-electron chi connectivity index (χ3n) is 5.28. The molecule has 2 heterocycles. The molecule has 2 N–H and O–H groups in total. The van der Waals surface area contributed by atoms with Gasteiger partial charge in [0.15, 0.2) is 0 Å². The number of amides is 1. The number of nitrogens with zero attached hydrogens (tertiary/aromatic N) is 3. The molecule has 0 spiro atoms. The number of piperazine rings is 1. The Hall–Kier alpha value is -2.86. The van der Waals surface area contributed by atoms with E-state index in [1.54, 1.807) is 5.01 Å². The molecule has 0 aromatic heterocycles. The van der Waals surface area contributed by atoms with Crippen LogP contribution in [0.1, 0.15) is 17.5 Å². The molecule has 6 heteroatoms. The van der Waals surface area contributed by atoms with E-state index in [1.807, 2.05) is 30.3 Å². The van der Waals surface area contributed by atoms with Crippen LogP contribution in [0.3, 0.4) is 0 Å². The van der Waals surface area contributed by atoms with Crippen LogP contribution in [0.5, 0.6) is 0 Å². The summed E-state index contributed by atoms with van der Waals surface area (Å²) in [4.78, 5) is 17.1. The average Bonchev–Trinajstić information content (AvgIpc) is 3.03. The molecule has 4 rings (SSSR count). The summed E-state index contributed by atoms with van der Waals surface area (Å²) in [6.07, 6.45) is 0.450. The number of fused-ring (bicyclic) bond motifs is 1. The van der Waals surface area contributed by atoms with Crippen molar-refractivity contribution in [2.24, 2.45) is 0 Å². The van der Waals surface area contributed by atoms with Crippen LogP contribution in [0.4, 0.5) is 5.69 Å². The molecule has 140 valence electrons. The van der Waals surface area contributed by atoms with E-state index in [0.29, 0.717) is 18.8 Å². The second-order valence-corrected chi connectivity index (χ2v) is 7.04. The summed E-state index contributed by atoms with van der Waals surface area (Å²) in [5.74, 6) is 0.341. The molecule has 0 unspecified atom stereocenters. The van der Waals surface area contributed by atoms with Gasteiger partial charge in [0.1, 0.15) is 5.84 Å². The lowest BCUT2D eigenvalue weighted by Gasteiger charge is -2.36. The summed E-state index contributed by atoms with van der Waals surface area (Å²) in [6.45, 7) is 5.22. The van der Waals surface area contributed by atoms with Gasteiger partial charge in [0.05, 0.1) is 6.54 Å². The van der Waals surface area contributed by atoms with Crippen molar-refractivity contribution in [2.75, 3.05) is 37.6 Å². The highest BCUT2D eigenvalue weighted by atomic mass is 16.2. The zero-order chi connectivity index (χ0) is 18.6. The molecule has 27 heavy (non-hydrogen) atoms. The van der Waals surface area contributed by atoms with Crippen molar-refractivity contribution in [1.82, 2.24) is 15.3 Å². The van der Waals surface area contributed by atoms with Crippen LogP contribution >= 0.6 is 0 Å². The monoisotopic (exact) mass is 363 g/mol. The number of carbonyl (C=O) groups is 1. The quantitative estimate of drug-likeness (QED) is 0.854. The van der Waals surface area contributed by atoms with Gasteiger partial charge >= 0.3 is 0 Å². The first kappa shape index (κ1) is 17.5. The number of hydrogen-bond acceptors (Lipinski definition) is 4. The molecular formula is C21H25N5O. The van der Waals surface area contributed by atoms with Crippen LogP contribution < -0.4 is 10.3 Å². The molecule has 1 amide bonds. The third kappa shape index (κ3) is 3.95. The summed E-state index contributed by atoms with van der Waals surface area (Å²) in [5.41, 5.74) is 6.13. The van der Waals surface area contributed by atoms with E-state index in [4.69, 9.17) is 5.41 Å². The van der Waals surface area contributed by atoms with Crippen LogP contribution in [0.2, 0.25) is 0 Å². The molecule has 0 atom stereocenters. The first-order valence-electron chi connectivity index (χ1n) is 9.47. The van der Waals surface area contributed by atoms with E-state index in [-0.39, 0.29) is 5.91 Å².